The van der Waals surface area contributed by atoms with Crippen molar-refractivity contribution in [2.45, 2.75) is 32.7 Å². The molecular formula is C16H25NO3. The molecule has 0 saturated heterocycles. The molecule has 20 heavy (non-hydrogen) atoms. The van der Waals surface area contributed by atoms with Crippen LogP contribution in [0.5, 0.6) is 0 Å². The Morgan fingerprint density at radius 1 is 1.20 bits per heavy atom. The fourth-order valence-corrected chi connectivity index (χ4v) is 1.85. The van der Waals surface area contributed by atoms with Crippen molar-refractivity contribution < 1.29 is 14.3 Å². The van der Waals surface area contributed by atoms with Gasteiger partial charge in [0.05, 0.1) is 12.7 Å². The number of benzene rings is 1. The Bertz CT molecular complexity index is 393. The van der Waals surface area contributed by atoms with Crippen LogP contribution in [0.15, 0.2) is 24.3 Å². The summed E-state index contributed by atoms with van der Waals surface area (Å²) >= 11 is 0. The highest BCUT2D eigenvalue weighted by Gasteiger charge is 2.09. The maximum Gasteiger partial charge on any atom is 0.338 e. The molecule has 1 rings (SSSR count). The molecule has 0 heterocycles. The van der Waals surface area contributed by atoms with Crippen LogP contribution in [0.1, 0.15) is 42.1 Å². The highest BCUT2D eigenvalue weighted by molar-refractivity contribution is 5.90. The van der Waals surface area contributed by atoms with Gasteiger partial charge in [-0.15, -0.1) is 0 Å². The zero-order valence-corrected chi connectivity index (χ0v) is 12.5. The number of carbonyl (C=O) groups is 1. The zero-order chi connectivity index (χ0) is 14.6. The van der Waals surface area contributed by atoms with Crippen LogP contribution in [-0.2, 0) is 16.0 Å². The van der Waals surface area contributed by atoms with Gasteiger partial charge in [0.2, 0.25) is 0 Å². The quantitative estimate of drug-likeness (QED) is 0.528. The van der Waals surface area contributed by atoms with Crippen molar-refractivity contribution in [3.05, 3.63) is 35.4 Å². The minimum absolute atomic E-state index is 0.287. The van der Waals surface area contributed by atoms with Gasteiger partial charge in [0.1, 0.15) is 0 Å². The number of rotatable bonds is 10. The number of esters is 1. The first-order valence-corrected chi connectivity index (χ1v) is 7.24. The first kappa shape index (κ1) is 16.7. The molecule has 0 fully saturated rings. The lowest BCUT2D eigenvalue weighted by atomic mass is 10.1. The molecule has 0 spiro atoms. The second-order valence-electron chi connectivity index (χ2n) is 4.64. The van der Waals surface area contributed by atoms with Gasteiger partial charge >= 0.3 is 5.97 Å². The van der Waals surface area contributed by atoms with E-state index in [2.05, 4.69) is 12.2 Å². The van der Waals surface area contributed by atoms with Crippen molar-refractivity contribution in [1.29, 1.82) is 0 Å². The molecule has 0 radical (unpaired) electrons. The standard InChI is InChI=1S/C16H25NO3/c1-3-4-11-20-12-7-10-17-13-14-8-5-6-9-15(14)16(18)19-2/h5-6,8-9,17H,3-4,7,10-13H2,1-2H3. The first-order valence-electron chi connectivity index (χ1n) is 7.24. The van der Waals surface area contributed by atoms with Crippen LogP contribution in [0.2, 0.25) is 0 Å². The summed E-state index contributed by atoms with van der Waals surface area (Å²) in [7, 11) is 1.40. The number of hydrogen-bond acceptors (Lipinski definition) is 4. The molecule has 0 aliphatic rings. The van der Waals surface area contributed by atoms with E-state index < -0.39 is 0 Å². The highest BCUT2D eigenvalue weighted by atomic mass is 16.5. The van der Waals surface area contributed by atoms with Crippen LogP contribution < -0.4 is 5.32 Å². The molecular weight excluding hydrogens is 254 g/mol. The summed E-state index contributed by atoms with van der Waals surface area (Å²) in [5.41, 5.74) is 1.59. The zero-order valence-electron chi connectivity index (χ0n) is 12.5. The van der Waals surface area contributed by atoms with Gasteiger partial charge in [-0.25, -0.2) is 4.79 Å². The van der Waals surface area contributed by atoms with Gasteiger partial charge in [-0.1, -0.05) is 31.5 Å². The van der Waals surface area contributed by atoms with Gasteiger partial charge in [-0.2, -0.15) is 0 Å². The molecule has 1 N–H and O–H groups in total. The number of ether oxygens (including phenoxy) is 2. The lowest BCUT2D eigenvalue weighted by Crippen LogP contribution is -2.18. The molecule has 0 aliphatic heterocycles. The smallest absolute Gasteiger partial charge is 0.338 e. The monoisotopic (exact) mass is 279 g/mol. The van der Waals surface area contributed by atoms with Gasteiger partial charge in [0.25, 0.3) is 0 Å². The van der Waals surface area contributed by atoms with Gasteiger partial charge in [-0.05, 0) is 31.0 Å². The molecule has 4 heteroatoms. The predicted octanol–water partition coefficient (Wildman–Crippen LogP) is 2.77. The Hall–Kier alpha value is -1.39. The Balaban J connectivity index is 2.23. The van der Waals surface area contributed by atoms with Gasteiger partial charge in [0.15, 0.2) is 0 Å². The van der Waals surface area contributed by atoms with Crippen LogP contribution in [-0.4, -0.2) is 32.8 Å². The molecule has 1 aromatic rings. The van der Waals surface area contributed by atoms with E-state index in [9.17, 15) is 4.79 Å². The number of nitrogens with one attached hydrogen (secondary N) is 1. The molecule has 0 aliphatic carbocycles. The normalized spacial score (nSPS) is 10.5. The number of hydrogen-bond donors (Lipinski definition) is 1. The molecule has 0 bridgehead atoms. The van der Waals surface area contributed by atoms with Crippen LogP contribution in [0.3, 0.4) is 0 Å². The van der Waals surface area contributed by atoms with E-state index in [1.165, 1.54) is 13.5 Å². The Morgan fingerprint density at radius 3 is 2.70 bits per heavy atom. The molecule has 4 nitrogen and oxygen atoms in total. The van der Waals surface area contributed by atoms with Crippen molar-refractivity contribution in [1.82, 2.24) is 5.32 Å². The SMILES string of the molecule is CCCCOCCCNCc1ccccc1C(=O)OC. The summed E-state index contributed by atoms with van der Waals surface area (Å²) in [5.74, 6) is -0.287. The number of carbonyl (C=O) groups excluding carboxylic acids is 1. The summed E-state index contributed by atoms with van der Waals surface area (Å²) in [6.45, 7) is 5.33. The Labute approximate surface area is 121 Å². The lowest BCUT2D eigenvalue weighted by molar-refractivity contribution is 0.0599. The fourth-order valence-electron chi connectivity index (χ4n) is 1.85. The minimum Gasteiger partial charge on any atom is -0.465 e. The predicted molar refractivity (Wildman–Crippen MR) is 79.8 cm³/mol. The molecule has 0 amide bonds. The maximum atomic E-state index is 11.6. The molecule has 1 aromatic carbocycles. The van der Waals surface area contributed by atoms with Crippen molar-refractivity contribution in [2.75, 3.05) is 26.9 Å². The third-order valence-electron chi connectivity index (χ3n) is 3.02. The fraction of sp³-hybridized carbons (Fsp3) is 0.562. The van der Waals surface area contributed by atoms with E-state index in [0.29, 0.717) is 12.1 Å². The van der Waals surface area contributed by atoms with E-state index in [-0.39, 0.29) is 5.97 Å². The second-order valence-corrected chi connectivity index (χ2v) is 4.64. The highest BCUT2D eigenvalue weighted by Crippen LogP contribution is 2.09. The van der Waals surface area contributed by atoms with E-state index in [1.54, 1.807) is 6.07 Å². The topological polar surface area (TPSA) is 47.6 Å². The van der Waals surface area contributed by atoms with Crippen LogP contribution in [0.25, 0.3) is 0 Å². The molecule has 0 aromatic heterocycles. The largest absolute Gasteiger partial charge is 0.465 e. The van der Waals surface area contributed by atoms with E-state index >= 15 is 0 Å². The molecule has 112 valence electrons. The molecule has 0 saturated carbocycles. The van der Waals surface area contributed by atoms with Crippen LogP contribution in [0.4, 0.5) is 0 Å². The minimum atomic E-state index is -0.287. The third kappa shape index (κ3) is 6.17. The Morgan fingerprint density at radius 2 is 1.95 bits per heavy atom. The average Bonchev–Trinajstić information content (AvgIpc) is 2.49. The molecule has 0 atom stereocenters. The van der Waals surface area contributed by atoms with Crippen LogP contribution in [0, 0.1) is 0 Å². The molecule has 0 unspecified atom stereocenters. The van der Waals surface area contributed by atoms with E-state index in [0.717, 1.165) is 38.2 Å². The van der Waals surface area contributed by atoms with Crippen molar-refractivity contribution in [3.63, 3.8) is 0 Å². The first-order chi connectivity index (χ1) is 9.79. The van der Waals surface area contributed by atoms with E-state index in [1.807, 2.05) is 18.2 Å². The summed E-state index contributed by atoms with van der Waals surface area (Å²) in [5, 5.41) is 3.32. The van der Waals surface area contributed by atoms with E-state index in [4.69, 9.17) is 9.47 Å². The average molecular weight is 279 g/mol. The number of unbranched alkanes of at least 4 members (excludes halogenated alkanes) is 1. The van der Waals surface area contributed by atoms with Gasteiger partial charge < -0.3 is 14.8 Å². The van der Waals surface area contributed by atoms with Crippen LogP contribution >= 0.6 is 0 Å². The third-order valence-corrected chi connectivity index (χ3v) is 3.02. The Kier molecular flexibility index (Phi) is 8.67. The lowest BCUT2D eigenvalue weighted by Gasteiger charge is -2.09. The second kappa shape index (κ2) is 10.4. The van der Waals surface area contributed by atoms with Gasteiger partial charge in [0, 0.05) is 19.8 Å². The van der Waals surface area contributed by atoms with Crippen molar-refractivity contribution in [3.8, 4) is 0 Å². The summed E-state index contributed by atoms with van der Waals surface area (Å²) in [6, 6.07) is 7.50. The van der Waals surface area contributed by atoms with Gasteiger partial charge in [-0.3, -0.25) is 0 Å². The summed E-state index contributed by atoms with van der Waals surface area (Å²) in [4.78, 5) is 11.6. The summed E-state index contributed by atoms with van der Waals surface area (Å²) in [6.07, 6.45) is 3.27. The van der Waals surface area contributed by atoms with Crippen molar-refractivity contribution in [2.24, 2.45) is 0 Å². The maximum absolute atomic E-state index is 11.6. The summed E-state index contributed by atoms with van der Waals surface area (Å²) < 4.78 is 10.3. The van der Waals surface area contributed by atoms with Crippen molar-refractivity contribution >= 4 is 5.97 Å². The number of methoxy groups -OCH3 is 1.